The molecule has 0 N–H and O–H groups in total. The molecule has 0 aromatic heterocycles. The van der Waals surface area contributed by atoms with Gasteiger partial charge in [-0.25, -0.2) is 0 Å². The molecule has 0 spiro atoms. The fourth-order valence-corrected chi connectivity index (χ4v) is 1.61. The second-order valence-corrected chi connectivity index (χ2v) is 4.03. The third-order valence-electron chi connectivity index (χ3n) is 2.58. The Bertz CT molecular complexity index is 635. The second-order valence-electron chi connectivity index (χ2n) is 4.03. The summed E-state index contributed by atoms with van der Waals surface area (Å²) in [5.74, 6) is -1.22. The number of alkyl halides is 3. The van der Waals surface area contributed by atoms with Gasteiger partial charge in [0.1, 0.15) is 0 Å². The molecule has 2 aromatic rings. The molecule has 0 radical (unpaired) electrons. The second kappa shape index (κ2) is 5.32. The molecule has 104 valence electrons. The van der Waals surface area contributed by atoms with E-state index in [0.717, 1.165) is 12.3 Å². The minimum absolute atomic E-state index is 0.199. The monoisotopic (exact) mass is 283 g/mol. The number of nitrogens with zero attached hydrogens (tertiary/aromatic N) is 1. The maximum Gasteiger partial charge on any atom is 0.416 e. The minimum atomic E-state index is -4.64. The van der Waals surface area contributed by atoms with E-state index in [0.29, 0.717) is 17.7 Å². The van der Waals surface area contributed by atoms with Crippen LogP contribution in [0.5, 0.6) is 0 Å². The first-order valence-electron chi connectivity index (χ1n) is 5.61. The van der Waals surface area contributed by atoms with Crippen LogP contribution in [0.25, 0.3) is 0 Å². The zero-order chi connectivity index (χ0) is 14.8. The number of halogens is 4. The molecule has 20 heavy (non-hydrogen) atoms. The van der Waals surface area contributed by atoms with Gasteiger partial charge in [0.15, 0.2) is 12.0 Å². The summed E-state index contributed by atoms with van der Waals surface area (Å²) in [4.78, 5) is 0. The van der Waals surface area contributed by atoms with Crippen LogP contribution in [-0.2, 0) is 6.18 Å². The van der Waals surface area contributed by atoms with Crippen LogP contribution in [0.15, 0.2) is 48.5 Å². The van der Waals surface area contributed by atoms with Crippen LogP contribution in [0.4, 0.5) is 23.2 Å². The molecule has 0 atom stereocenters. The predicted octanol–water partition coefficient (Wildman–Crippen LogP) is 4.11. The van der Waals surface area contributed by atoms with Crippen LogP contribution in [0, 0.1) is 11.0 Å². The van der Waals surface area contributed by atoms with Gasteiger partial charge in [-0.2, -0.15) is 22.3 Å². The van der Waals surface area contributed by atoms with Gasteiger partial charge in [-0.05, 0) is 24.3 Å². The van der Waals surface area contributed by atoms with Gasteiger partial charge in [0.2, 0.25) is 0 Å². The Morgan fingerprint density at radius 2 is 1.65 bits per heavy atom. The average Bonchev–Trinajstić information content (AvgIpc) is 2.38. The Hall–Kier alpha value is -2.37. The van der Waals surface area contributed by atoms with Crippen molar-refractivity contribution in [2.24, 2.45) is 0 Å². The molecule has 0 bridgehead atoms. The highest BCUT2D eigenvalue weighted by Crippen LogP contribution is 2.31. The van der Waals surface area contributed by atoms with E-state index < -0.39 is 23.2 Å². The van der Waals surface area contributed by atoms with E-state index in [1.807, 2.05) is 0 Å². The van der Waals surface area contributed by atoms with Crippen LogP contribution >= 0.6 is 0 Å². The van der Waals surface area contributed by atoms with Crippen LogP contribution < -0.4 is 0 Å². The molecule has 2 rings (SSSR count). The van der Waals surface area contributed by atoms with Crippen molar-refractivity contribution < 1.29 is 22.3 Å². The normalized spacial score (nSPS) is 12.5. The summed E-state index contributed by atoms with van der Waals surface area (Å²) in [5, 5.41) is 11.7. The summed E-state index contributed by atoms with van der Waals surface area (Å²) >= 11 is 0. The fraction of sp³-hybridized carbons (Fsp3) is 0.0714. The van der Waals surface area contributed by atoms with Crippen molar-refractivity contribution >= 4 is 11.9 Å². The standard InChI is InChI=1S/C14H9F4NO/c15-12-8-11(14(16,17)18)6-7-13(12)19(20)9-10-4-2-1-3-5-10/h1-9H. The smallest absolute Gasteiger partial charge is 0.416 e. The topological polar surface area (TPSA) is 26.1 Å². The zero-order valence-electron chi connectivity index (χ0n) is 10.1. The summed E-state index contributed by atoms with van der Waals surface area (Å²) < 4.78 is 50.9. The van der Waals surface area contributed by atoms with Gasteiger partial charge in [0.25, 0.3) is 5.69 Å². The Morgan fingerprint density at radius 1 is 1.00 bits per heavy atom. The van der Waals surface area contributed by atoms with E-state index in [1.165, 1.54) is 0 Å². The molecule has 0 heterocycles. The fourth-order valence-electron chi connectivity index (χ4n) is 1.61. The Kier molecular flexibility index (Phi) is 3.74. The van der Waals surface area contributed by atoms with Crippen LogP contribution in [-0.4, -0.2) is 11.0 Å². The number of hydrogen-bond donors (Lipinski definition) is 0. The van der Waals surface area contributed by atoms with E-state index in [-0.39, 0.29) is 4.74 Å². The van der Waals surface area contributed by atoms with Gasteiger partial charge in [0.05, 0.1) is 5.56 Å². The first kappa shape index (κ1) is 14.0. The lowest BCUT2D eigenvalue weighted by molar-refractivity contribution is -0.357. The van der Waals surface area contributed by atoms with E-state index in [1.54, 1.807) is 30.3 Å². The lowest BCUT2D eigenvalue weighted by atomic mass is 10.2. The largest absolute Gasteiger partial charge is 0.618 e. The number of hydrogen-bond acceptors (Lipinski definition) is 1. The molecule has 2 nitrogen and oxygen atoms in total. The molecule has 0 saturated carbocycles. The van der Waals surface area contributed by atoms with Gasteiger partial charge in [-0.3, -0.25) is 0 Å². The summed E-state index contributed by atoms with van der Waals surface area (Å²) in [5.41, 5.74) is -1.09. The molecule has 0 fully saturated rings. The van der Waals surface area contributed by atoms with Crippen molar-refractivity contribution in [3.63, 3.8) is 0 Å². The van der Waals surface area contributed by atoms with Crippen molar-refractivity contribution in [3.05, 3.63) is 70.7 Å². The van der Waals surface area contributed by atoms with Crippen molar-refractivity contribution in [1.82, 2.24) is 0 Å². The molecule has 6 heteroatoms. The highest BCUT2D eigenvalue weighted by molar-refractivity contribution is 5.76. The lowest BCUT2D eigenvalue weighted by Crippen LogP contribution is -2.07. The first-order chi connectivity index (χ1) is 9.38. The molecule has 0 amide bonds. The first-order valence-corrected chi connectivity index (χ1v) is 5.61. The van der Waals surface area contributed by atoms with Gasteiger partial charge >= 0.3 is 6.18 Å². The van der Waals surface area contributed by atoms with E-state index >= 15 is 0 Å². The predicted molar refractivity (Wildman–Crippen MR) is 66.3 cm³/mol. The maximum atomic E-state index is 13.6. The van der Waals surface area contributed by atoms with Crippen molar-refractivity contribution in [2.75, 3.05) is 0 Å². The summed E-state index contributed by atoms with van der Waals surface area (Å²) in [6.07, 6.45) is -3.55. The molecule has 2 aromatic carbocycles. The molecule has 0 aliphatic rings. The zero-order valence-corrected chi connectivity index (χ0v) is 10.1. The van der Waals surface area contributed by atoms with E-state index in [4.69, 9.17) is 0 Å². The summed E-state index contributed by atoms with van der Waals surface area (Å²) in [7, 11) is 0. The quantitative estimate of drug-likeness (QED) is 0.268. The summed E-state index contributed by atoms with van der Waals surface area (Å²) in [6, 6.07) is 10.1. The molecular weight excluding hydrogens is 274 g/mol. The minimum Gasteiger partial charge on any atom is -0.618 e. The van der Waals surface area contributed by atoms with Crippen molar-refractivity contribution in [3.8, 4) is 0 Å². The van der Waals surface area contributed by atoms with E-state index in [9.17, 15) is 22.8 Å². The average molecular weight is 283 g/mol. The SMILES string of the molecule is [O-][N+](=Cc1ccccc1)c1ccc(C(F)(F)F)cc1F. The molecule has 0 aliphatic carbocycles. The van der Waals surface area contributed by atoms with Crippen molar-refractivity contribution in [1.29, 1.82) is 0 Å². The third-order valence-corrected chi connectivity index (χ3v) is 2.58. The highest BCUT2D eigenvalue weighted by Gasteiger charge is 2.32. The number of benzene rings is 2. The third kappa shape index (κ3) is 3.14. The van der Waals surface area contributed by atoms with Gasteiger partial charge in [-0.15, -0.1) is 0 Å². The molecule has 0 unspecified atom stereocenters. The Labute approximate surface area is 112 Å². The number of rotatable bonds is 2. The molecule has 0 saturated heterocycles. The van der Waals surface area contributed by atoms with Crippen LogP contribution in [0.3, 0.4) is 0 Å². The maximum absolute atomic E-state index is 13.6. The highest BCUT2D eigenvalue weighted by atomic mass is 19.4. The van der Waals surface area contributed by atoms with Gasteiger partial charge < -0.3 is 5.21 Å². The van der Waals surface area contributed by atoms with Crippen LogP contribution in [0.1, 0.15) is 11.1 Å². The molecule has 0 aliphatic heterocycles. The summed E-state index contributed by atoms with van der Waals surface area (Å²) in [6.45, 7) is 0. The van der Waals surface area contributed by atoms with Gasteiger partial charge in [-0.1, -0.05) is 18.2 Å². The Morgan fingerprint density at radius 3 is 2.20 bits per heavy atom. The van der Waals surface area contributed by atoms with Crippen molar-refractivity contribution in [2.45, 2.75) is 6.18 Å². The molecular formula is C14H9F4NO. The van der Waals surface area contributed by atoms with E-state index in [2.05, 4.69) is 0 Å². The lowest BCUT2D eigenvalue weighted by Gasteiger charge is -2.08. The van der Waals surface area contributed by atoms with Gasteiger partial charge in [0, 0.05) is 11.6 Å². The van der Waals surface area contributed by atoms with Crippen LogP contribution in [0.2, 0.25) is 0 Å². The Balaban J connectivity index is 2.37.